The Morgan fingerprint density at radius 2 is 2.00 bits per heavy atom. The van der Waals surface area contributed by atoms with Crippen LogP contribution in [0.5, 0.6) is 0 Å². The Bertz CT molecular complexity index is 1180. The van der Waals surface area contributed by atoms with Crippen LogP contribution in [0.3, 0.4) is 0 Å². The zero-order chi connectivity index (χ0) is 23.2. The van der Waals surface area contributed by atoms with Gasteiger partial charge in [0.05, 0.1) is 11.6 Å². The number of nitrogens with two attached hydrogens (primary N) is 1. The van der Waals surface area contributed by atoms with Crippen molar-refractivity contribution < 1.29 is 23.1 Å². The molecule has 0 bridgehead atoms. The average molecular weight is 453 g/mol. The molecule has 0 aliphatic carbocycles. The largest absolute Gasteiger partial charge is 0.440 e. The van der Waals surface area contributed by atoms with Crippen molar-refractivity contribution in [2.75, 3.05) is 31.1 Å². The van der Waals surface area contributed by atoms with Crippen LogP contribution in [0.25, 0.3) is 11.1 Å². The van der Waals surface area contributed by atoms with Crippen LogP contribution in [0.2, 0.25) is 0 Å². The monoisotopic (exact) mass is 453 g/mol. The van der Waals surface area contributed by atoms with Gasteiger partial charge in [0.2, 0.25) is 17.5 Å². The summed E-state index contributed by atoms with van der Waals surface area (Å²) >= 11 is 0. The highest BCUT2D eigenvalue weighted by atomic mass is 19.1. The summed E-state index contributed by atoms with van der Waals surface area (Å²) in [4.78, 5) is 33.8. The van der Waals surface area contributed by atoms with Crippen molar-refractivity contribution in [3.63, 3.8) is 0 Å². The average Bonchev–Trinajstić information content (AvgIpc) is 3.38. The maximum absolute atomic E-state index is 14.3. The standard InChI is InChI=1S/C23H24FN5O4/c1-14(20(25)30)19-23(28-11-9-26-10-12-28,21-27-17-7-2-3-8-18(17)32-21)29(22(31)33-19)16-6-4-5-15(24)13-16/h2-8,13-14,19,26H,9-12H2,1H3,(H2,25,30). The number of carbonyl (C=O) groups excluding carboxylic acids is 2. The van der Waals surface area contributed by atoms with Crippen LogP contribution in [-0.4, -0.2) is 54.2 Å². The summed E-state index contributed by atoms with van der Waals surface area (Å²) in [6.45, 7) is 3.87. The van der Waals surface area contributed by atoms with Crippen molar-refractivity contribution >= 4 is 28.8 Å². The van der Waals surface area contributed by atoms with E-state index >= 15 is 0 Å². The lowest BCUT2D eigenvalue weighted by atomic mass is 9.88. The first kappa shape index (κ1) is 21.4. The molecule has 2 saturated heterocycles. The Labute approximate surface area is 189 Å². The number of primary amides is 1. The van der Waals surface area contributed by atoms with E-state index in [1.807, 2.05) is 17.0 Å². The Balaban J connectivity index is 1.81. The summed E-state index contributed by atoms with van der Waals surface area (Å²) < 4.78 is 26.3. The van der Waals surface area contributed by atoms with Crippen LogP contribution < -0.4 is 16.0 Å². The lowest BCUT2D eigenvalue weighted by Gasteiger charge is -2.47. The molecule has 10 heteroatoms. The third kappa shape index (κ3) is 3.33. The zero-order valence-corrected chi connectivity index (χ0v) is 18.0. The molecule has 2 aromatic carbocycles. The summed E-state index contributed by atoms with van der Waals surface area (Å²) in [5, 5.41) is 3.29. The number of hydrogen-bond donors (Lipinski definition) is 2. The number of hydrogen-bond acceptors (Lipinski definition) is 7. The SMILES string of the molecule is CC(C(N)=O)C1OC(=O)N(c2cccc(F)c2)C1(c1nc2ccccc2o1)N1CCNCC1. The van der Waals surface area contributed by atoms with E-state index in [0.717, 1.165) is 0 Å². The van der Waals surface area contributed by atoms with Gasteiger partial charge in [-0.15, -0.1) is 0 Å². The van der Waals surface area contributed by atoms with E-state index in [9.17, 15) is 14.0 Å². The van der Waals surface area contributed by atoms with Gasteiger partial charge in [-0.25, -0.2) is 19.1 Å². The summed E-state index contributed by atoms with van der Waals surface area (Å²) in [7, 11) is 0. The number of piperazine rings is 1. The van der Waals surface area contributed by atoms with Gasteiger partial charge in [-0.05, 0) is 37.3 Å². The van der Waals surface area contributed by atoms with Crippen molar-refractivity contribution in [3.8, 4) is 0 Å². The molecule has 1 aromatic heterocycles. The summed E-state index contributed by atoms with van der Waals surface area (Å²) in [5.74, 6) is -1.85. The van der Waals surface area contributed by atoms with E-state index in [1.54, 1.807) is 25.1 Å². The fourth-order valence-electron chi connectivity index (χ4n) is 4.74. The number of carbonyl (C=O) groups is 2. The first-order valence-corrected chi connectivity index (χ1v) is 10.8. The molecule has 2 aliphatic rings. The van der Waals surface area contributed by atoms with Crippen LogP contribution in [0.1, 0.15) is 12.8 Å². The van der Waals surface area contributed by atoms with Gasteiger partial charge in [-0.3, -0.25) is 9.69 Å². The molecular weight excluding hydrogens is 429 g/mol. The number of benzene rings is 2. The summed E-state index contributed by atoms with van der Waals surface area (Å²) in [6.07, 6.45) is -1.78. The first-order chi connectivity index (χ1) is 15.9. The van der Waals surface area contributed by atoms with Gasteiger partial charge >= 0.3 is 6.09 Å². The van der Waals surface area contributed by atoms with Crippen molar-refractivity contribution in [2.45, 2.75) is 18.7 Å². The number of aromatic nitrogens is 1. The van der Waals surface area contributed by atoms with Crippen molar-refractivity contribution in [3.05, 3.63) is 60.2 Å². The van der Waals surface area contributed by atoms with Gasteiger partial charge < -0.3 is 20.2 Å². The highest BCUT2D eigenvalue weighted by Gasteiger charge is 2.65. The smallest absolute Gasteiger partial charge is 0.416 e. The van der Waals surface area contributed by atoms with Crippen LogP contribution in [0.15, 0.2) is 52.9 Å². The number of cyclic esters (lactones) is 1. The molecule has 0 radical (unpaired) electrons. The number of nitrogens with zero attached hydrogens (tertiary/aromatic N) is 3. The molecule has 2 aliphatic heterocycles. The minimum Gasteiger partial charge on any atom is -0.440 e. The van der Waals surface area contributed by atoms with Crippen molar-refractivity contribution in [1.29, 1.82) is 0 Å². The van der Waals surface area contributed by atoms with Gasteiger partial charge in [-0.1, -0.05) is 18.2 Å². The Kier molecular flexibility index (Phi) is 5.26. The first-order valence-electron chi connectivity index (χ1n) is 10.8. The number of fused-ring (bicyclic) bond motifs is 1. The number of anilines is 1. The number of oxazole rings is 1. The van der Waals surface area contributed by atoms with Crippen molar-refractivity contribution in [1.82, 2.24) is 15.2 Å². The predicted molar refractivity (Wildman–Crippen MR) is 118 cm³/mol. The van der Waals surface area contributed by atoms with E-state index in [2.05, 4.69) is 5.32 Å². The Morgan fingerprint density at radius 1 is 1.24 bits per heavy atom. The molecule has 0 saturated carbocycles. The molecule has 3 N–H and O–H groups in total. The molecule has 33 heavy (non-hydrogen) atoms. The number of para-hydroxylation sites is 2. The Hall–Kier alpha value is -3.50. The molecule has 172 valence electrons. The molecule has 0 spiro atoms. The lowest BCUT2D eigenvalue weighted by molar-refractivity contribution is -0.128. The van der Waals surface area contributed by atoms with Gasteiger partial charge in [0, 0.05) is 26.2 Å². The highest BCUT2D eigenvalue weighted by Crippen LogP contribution is 2.48. The molecule has 5 rings (SSSR count). The van der Waals surface area contributed by atoms with E-state index in [0.29, 0.717) is 37.3 Å². The molecule has 3 heterocycles. The number of halogens is 1. The third-order valence-corrected chi connectivity index (χ3v) is 6.33. The van der Waals surface area contributed by atoms with Crippen LogP contribution in [0, 0.1) is 11.7 Å². The van der Waals surface area contributed by atoms with Crippen molar-refractivity contribution in [2.24, 2.45) is 11.7 Å². The van der Waals surface area contributed by atoms with E-state index in [-0.39, 0.29) is 11.6 Å². The third-order valence-electron chi connectivity index (χ3n) is 6.33. The number of rotatable bonds is 5. The Morgan fingerprint density at radius 3 is 2.70 bits per heavy atom. The fourth-order valence-corrected chi connectivity index (χ4v) is 4.74. The molecule has 2 amide bonds. The predicted octanol–water partition coefficient (Wildman–Crippen LogP) is 2.17. The van der Waals surface area contributed by atoms with E-state index in [1.165, 1.54) is 23.1 Å². The molecular formula is C23H24FN5O4. The molecule has 3 atom stereocenters. The molecule has 3 aromatic rings. The van der Waals surface area contributed by atoms with Crippen LogP contribution >= 0.6 is 0 Å². The van der Waals surface area contributed by atoms with Gasteiger partial charge in [0.25, 0.3) is 0 Å². The van der Waals surface area contributed by atoms with E-state index in [4.69, 9.17) is 19.9 Å². The number of ether oxygens (including phenoxy) is 1. The molecule has 9 nitrogen and oxygen atoms in total. The normalized spacial score (nSPS) is 24.7. The number of amides is 2. The molecule has 3 unspecified atom stereocenters. The lowest BCUT2D eigenvalue weighted by Crippen LogP contribution is -2.66. The highest BCUT2D eigenvalue weighted by molar-refractivity contribution is 5.93. The molecule has 2 fully saturated rings. The minimum atomic E-state index is -1.46. The van der Waals surface area contributed by atoms with Gasteiger partial charge in [0.1, 0.15) is 11.3 Å². The minimum absolute atomic E-state index is 0.179. The fraction of sp³-hybridized carbons (Fsp3) is 0.348. The number of nitrogens with one attached hydrogen (secondary N) is 1. The maximum Gasteiger partial charge on any atom is 0.416 e. The zero-order valence-electron chi connectivity index (χ0n) is 18.0. The van der Waals surface area contributed by atoms with Crippen LogP contribution in [0.4, 0.5) is 14.9 Å². The van der Waals surface area contributed by atoms with Crippen LogP contribution in [-0.2, 0) is 15.2 Å². The second kappa shape index (κ2) is 8.13. The van der Waals surface area contributed by atoms with Gasteiger partial charge in [-0.2, -0.15) is 0 Å². The summed E-state index contributed by atoms with van der Waals surface area (Å²) in [5.41, 5.74) is 5.60. The quantitative estimate of drug-likeness (QED) is 0.609. The topological polar surface area (TPSA) is 114 Å². The second-order valence-electron chi connectivity index (χ2n) is 8.26. The van der Waals surface area contributed by atoms with Gasteiger partial charge in [0.15, 0.2) is 11.7 Å². The van der Waals surface area contributed by atoms with E-state index < -0.39 is 35.5 Å². The second-order valence-corrected chi connectivity index (χ2v) is 8.26. The summed E-state index contributed by atoms with van der Waals surface area (Å²) in [6, 6.07) is 12.9. The maximum atomic E-state index is 14.3.